The third-order valence-electron chi connectivity index (χ3n) is 3.70. The van der Waals surface area contributed by atoms with E-state index in [1.165, 1.54) is 4.88 Å². The van der Waals surface area contributed by atoms with E-state index >= 15 is 0 Å². The molecule has 0 spiro atoms. The molecule has 1 unspecified atom stereocenters. The lowest BCUT2D eigenvalue weighted by atomic mass is 9.85. The Morgan fingerprint density at radius 3 is 2.80 bits per heavy atom. The van der Waals surface area contributed by atoms with Crippen LogP contribution in [0.15, 0.2) is 17.5 Å². The van der Waals surface area contributed by atoms with E-state index in [0.717, 1.165) is 19.4 Å². The van der Waals surface area contributed by atoms with Crippen molar-refractivity contribution in [3.05, 3.63) is 22.4 Å². The van der Waals surface area contributed by atoms with Gasteiger partial charge in [0.1, 0.15) is 0 Å². The average molecular weight is 295 g/mol. The normalized spacial score (nSPS) is 19.3. The molecule has 1 saturated heterocycles. The highest BCUT2D eigenvalue weighted by molar-refractivity contribution is 7.10. The fourth-order valence-corrected chi connectivity index (χ4v) is 3.70. The maximum Gasteiger partial charge on any atom is 0.303 e. The second kappa shape index (κ2) is 5.95. The van der Waals surface area contributed by atoms with E-state index in [1.807, 2.05) is 30.2 Å². The molecule has 110 valence electrons. The van der Waals surface area contributed by atoms with Crippen molar-refractivity contribution in [3.8, 4) is 0 Å². The second-order valence-corrected chi connectivity index (χ2v) is 7.15. The SMILES string of the molecule is CC(C)(CC(=O)O)CC(=O)N1CCCC1c1cccs1. The molecule has 1 aromatic heterocycles. The van der Waals surface area contributed by atoms with Crippen LogP contribution in [0.4, 0.5) is 0 Å². The number of carbonyl (C=O) groups is 2. The van der Waals surface area contributed by atoms with E-state index in [4.69, 9.17) is 5.11 Å². The molecule has 0 aromatic carbocycles. The molecule has 0 bridgehead atoms. The summed E-state index contributed by atoms with van der Waals surface area (Å²) in [6.07, 6.45) is 2.34. The minimum Gasteiger partial charge on any atom is -0.481 e. The maximum atomic E-state index is 12.5. The first kappa shape index (κ1) is 15.0. The summed E-state index contributed by atoms with van der Waals surface area (Å²) in [6.45, 7) is 4.47. The Morgan fingerprint density at radius 1 is 1.45 bits per heavy atom. The molecule has 1 aliphatic heterocycles. The fourth-order valence-electron chi connectivity index (χ4n) is 2.82. The van der Waals surface area contributed by atoms with Gasteiger partial charge >= 0.3 is 5.97 Å². The molecule has 1 aromatic rings. The van der Waals surface area contributed by atoms with Gasteiger partial charge < -0.3 is 10.0 Å². The topological polar surface area (TPSA) is 57.6 Å². The lowest BCUT2D eigenvalue weighted by Gasteiger charge is -2.29. The largest absolute Gasteiger partial charge is 0.481 e. The van der Waals surface area contributed by atoms with Crippen LogP contribution in [0.25, 0.3) is 0 Å². The summed E-state index contributed by atoms with van der Waals surface area (Å²) in [5.74, 6) is -0.772. The molecule has 4 nitrogen and oxygen atoms in total. The van der Waals surface area contributed by atoms with Gasteiger partial charge in [-0.05, 0) is 29.7 Å². The first-order valence-electron chi connectivity index (χ1n) is 6.94. The molecule has 1 N–H and O–H groups in total. The molecular formula is C15H21NO3S. The Bertz CT molecular complexity index is 481. The molecule has 5 heteroatoms. The van der Waals surface area contributed by atoms with Crippen molar-refractivity contribution >= 4 is 23.2 Å². The molecular weight excluding hydrogens is 274 g/mol. The van der Waals surface area contributed by atoms with Crippen LogP contribution in [0.5, 0.6) is 0 Å². The molecule has 2 heterocycles. The van der Waals surface area contributed by atoms with Gasteiger partial charge in [-0.1, -0.05) is 19.9 Å². The molecule has 1 aliphatic rings. The molecule has 0 saturated carbocycles. The first-order chi connectivity index (χ1) is 9.39. The number of rotatable bonds is 5. The van der Waals surface area contributed by atoms with Gasteiger partial charge in [0.25, 0.3) is 0 Å². The second-order valence-electron chi connectivity index (χ2n) is 6.17. The highest BCUT2D eigenvalue weighted by Gasteiger charge is 2.34. The van der Waals surface area contributed by atoms with Gasteiger partial charge in [0.05, 0.1) is 12.5 Å². The number of hydrogen-bond donors (Lipinski definition) is 1. The molecule has 0 radical (unpaired) electrons. The zero-order valence-corrected chi connectivity index (χ0v) is 12.8. The number of carboxylic acids is 1. The summed E-state index contributed by atoms with van der Waals surface area (Å²) in [4.78, 5) is 26.5. The summed E-state index contributed by atoms with van der Waals surface area (Å²) < 4.78 is 0. The molecule has 1 atom stereocenters. The summed E-state index contributed by atoms with van der Waals surface area (Å²) in [7, 11) is 0. The minimum absolute atomic E-state index is 0.0241. The molecule has 20 heavy (non-hydrogen) atoms. The van der Waals surface area contributed by atoms with Gasteiger partial charge in [-0.25, -0.2) is 0 Å². The third-order valence-corrected chi connectivity index (χ3v) is 4.68. The van der Waals surface area contributed by atoms with Gasteiger partial charge in [0.2, 0.25) is 5.91 Å². The van der Waals surface area contributed by atoms with E-state index in [1.54, 1.807) is 11.3 Å². The van der Waals surface area contributed by atoms with E-state index < -0.39 is 11.4 Å². The quantitative estimate of drug-likeness (QED) is 0.906. The van der Waals surface area contributed by atoms with Gasteiger partial charge in [-0.15, -0.1) is 11.3 Å². The van der Waals surface area contributed by atoms with Crippen molar-refractivity contribution in [2.24, 2.45) is 5.41 Å². The van der Waals surface area contributed by atoms with Gasteiger partial charge in [-0.2, -0.15) is 0 Å². The lowest BCUT2D eigenvalue weighted by molar-refractivity contribution is -0.140. The van der Waals surface area contributed by atoms with Crippen LogP contribution in [0.1, 0.15) is 50.4 Å². The Hall–Kier alpha value is -1.36. The third kappa shape index (κ3) is 3.60. The smallest absolute Gasteiger partial charge is 0.303 e. The summed E-state index contributed by atoms with van der Waals surface area (Å²) in [5.41, 5.74) is -0.495. The summed E-state index contributed by atoms with van der Waals surface area (Å²) in [6, 6.07) is 4.27. The van der Waals surface area contributed by atoms with Crippen LogP contribution in [0, 0.1) is 5.41 Å². The Labute approximate surface area is 123 Å². The van der Waals surface area contributed by atoms with Crippen molar-refractivity contribution in [1.82, 2.24) is 4.90 Å². The highest BCUT2D eigenvalue weighted by atomic mass is 32.1. The number of carboxylic acid groups (broad SMARTS) is 1. The molecule has 1 amide bonds. The number of amides is 1. The number of hydrogen-bond acceptors (Lipinski definition) is 3. The van der Waals surface area contributed by atoms with E-state index in [2.05, 4.69) is 6.07 Å². The predicted octanol–water partition coefficient (Wildman–Crippen LogP) is 3.30. The molecule has 0 aliphatic carbocycles. The molecule has 2 rings (SSSR count). The summed E-state index contributed by atoms with van der Waals surface area (Å²) >= 11 is 1.68. The Kier molecular flexibility index (Phi) is 4.48. The van der Waals surface area contributed by atoms with Crippen molar-refractivity contribution in [2.45, 2.75) is 45.6 Å². The number of likely N-dealkylation sites (tertiary alicyclic amines) is 1. The Balaban J connectivity index is 2.03. The standard InChI is InChI=1S/C15H21NO3S/c1-15(2,10-14(18)19)9-13(17)16-7-3-5-11(16)12-6-4-8-20-12/h4,6,8,11H,3,5,7,9-10H2,1-2H3,(H,18,19). The van der Waals surface area contributed by atoms with E-state index in [-0.39, 0.29) is 18.4 Å². The van der Waals surface area contributed by atoms with Crippen LogP contribution in [0.2, 0.25) is 0 Å². The number of nitrogens with zero attached hydrogens (tertiary/aromatic N) is 1. The van der Waals surface area contributed by atoms with Crippen molar-refractivity contribution < 1.29 is 14.7 Å². The van der Waals surface area contributed by atoms with Crippen LogP contribution >= 0.6 is 11.3 Å². The maximum absolute atomic E-state index is 12.5. The van der Waals surface area contributed by atoms with E-state index in [0.29, 0.717) is 6.42 Å². The molecule has 1 fully saturated rings. The monoisotopic (exact) mass is 295 g/mol. The van der Waals surface area contributed by atoms with E-state index in [9.17, 15) is 9.59 Å². The number of thiophene rings is 1. The van der Waals surface area contributed by atoms with Crippen LogP contribution in [-0.4, -0.2) is 28.4 Å². The van der Waals surface area contributed by atoms with Crippen molar-refractivity contribution in [1.29, 1.82) is 0 Å². The average Bonchev–Trinajstić information content (AvgIpc) is 2.97. The minimum atomic E-state index is -0.848. The first-order valence-corrected chi connectivity index (χ1v) is 7.82. The zero-order chi connectivity index (χ0) is 14.8. The van der Waals surface area contributed by atoms with Gasteiger partial charge in [0.15, 0.2) is 0 Å². The zero-order valence-electron chi connectivity index (χ0n) is 12.0. The van der Waals surface area contributed by atoms with Crippen LogP contribution in [-0.2, 0) is 9.59 Å². The van der Waals surface area contributed by atoms with Crippen molar-refractivity contribution in [3.63, 3.8) is 0 Å². The fraction of sp³-hybridized carbons (Fsp3) is 0.600. The van der Waals surface area contributed by atoms with Crippen LogP contribution in [0.3, 0.4) is 0 Å². The van der Waals surface area contributed by atoms with Crippen LogP contribution < -0.4 is 0 Å². The van der Waals surface area contributed by atoms with Gasteiger partial charge in [-0.3, -0.25) is 9.59 Å². The Morgan fingerprint density at radius 2 is 2.20 bits per heavy atom. The van der Waals surface area contributed by atoms with Gasteiger partial charge in [0, 0.05) is 17.8 Å². The van der Waals surface area contributed by atoms with Crippen molar-refractivity contribution in [2.75, 3.05) is 6.54 Å². The lowest BCUT2D eigenvalue weighted by Crippen LogP contribution is -2.34. The highest BCUT2D eigenvalue weighted by Crippen LogP contribution is 2.36. The predicted molar refractivity (Wildman–Crippen MR) is 78.7 cm³/mol. The number of carbonyl (C=O) groups excluding carboxylic acids is 1. The number of aliphatic carboxylic acids is 1. The summed E-state index contributed by atoms with van der Waals surface area (Å²) in [5, 5.41) is 10.9.